The molecule has 0 saturated heterocycles. The van der Waals surface area contributed by atoms with Crippen LogP contribution in [0.5, 0.6) is 0 Å². The Kier molecular flexibility index (Phi) is 6.10. The third-order valence-electron chi connectivity index (χ3n) is 5.21. The molecule has 0 aromatic heterocycles. The van der Waals surface area contributed by atoms with Crippen molar-refractivity contribution in [3.8, 4) is 11.8 Å². The molecular weight excluding hydrogens is 392 g/mol. The summed E-state index contributed by atoms with van der Waals surface area (Å²) in [7, 11) is 0. The van der Waals surface area contributed by atoms with E-state index < -0.39 is 0 Å². The summed E-state index contributed by atoms with van der Waals surface area (Å²) in [5, 5.41) is 0. The van der Waals surface area contributed by atoms with E-state index >= 15 is 0 Å². The monoisotopic (exact) mass is 414 g/mol. The van der Waals surface area contributed by atoms with Crippen molar-refractivity contribution in [2.45, 2.75) is 13.8 Å². The largest absolute Gasteiger partial charge is 0.289 e. The first kappa shape index (κ1) is 21.0. The Balaban J connectivity index is 1.78. The van der Waals surface area contributed by atoms with Gasteiger partial charge in [-0.25, -0.2) is 0 Å². The maximum atomic E-state index is 13.2. The van der Waals surface area contributed by atoms with Crippen LogP contribution in [0.15, 0.2) is 97.1 Å². The Bertz CT molecular complexity index is 1260. The molecule has 4 aromatic carbocycles. The summed E-state index contributed by atoms with van der Waals surface area (Å²) in [6.07, 6.45) is 0. The van der Waals surface area contributed by atoms with Gasteiger partial charge < -0.3 is 0 Å². The summed E-state index contributed by atoms with van der Waals surface area (Å²) in [4.78, 5) is 26.4. The highest BCUT2D eigenvalue weighted by atomic mass is 16.1. The van der Waals surface area contributed by atoms with E-state index in [2.05, 4.69) is 11.8 Å². The molecule has 2 heteroatoms. The molecule has 32 heavy (non-hydrogen) atoms. The van der Waals surface area contributed by atoms with E-state index in [1.807, 2.05) is 68.4 Å². The molecule has 0 atom stereocenters. The number of hydrogen-bond acceptors (Lipinski definition) is 2. The summed E-state index contributed by atoms with van der Waals surface area (Å²) in [5.74, 6) is 5.97. The van der Waals surface area contributed by atoms with Gasteiger partial charge in [-0.05, 0) is 44.2 Å². The molecule has 0 saturated carbocycles. The van der Waals surface area contributed by atoms with Crippen molar-refractivity contribution in [2.75, 3.05) is 0 Å². The summed E-state index contributed by atoms with van der Waals surface area (Å²) in [6.45, 7) is 3.96. The minimum absolute atomic E-state index is 0.133. The third kappa shape index (κ3) is 4.91. The molecule has 0 unspecified atom stereocenters. The summed E-state index contributed by atoms with van der Waals surface area (Å²) in [6, 6.07) is 29.7. The van der Waals surface area contributed by atoms with Crippen LogP contribution < -0.4 is 0 Å². The molecule has 0 spiro atoms. The van der Waals surface area contributed by atoms with Crippen LogP contribution in [0, 0.1) is 25.7 Å². The predicted octanol–water partition coefficient (Wildman–Crippen LogP) is 6.17. The number of aryl methyl sites for hydroxylation is 2. The third-order valence-corrected chi connectivity index (χ3v) is 5.21. The minimum Gasteiger partial charge on any atom is -0.289 e. The zero-order chi connectivity index (χ0) is 22.5. The molecule has 0 aliphatic heterocycles. The topological polar surface area (TPSA) is 34.1 Å². The lowest BCUT2D eigenvalue weighted by Gasteiger charge is -2.08. The second-order valence-electron chi connectivity index (χ2n) is 7.81. The fraction of sp³-hybridized carbons (Fsp3) is 0.0667. The fourth-order valence-electron chi connectivity index (χ4n) is 3.37. The van der Waals surface area contributed by atoms with Crippen LogP contribution in [0.2, 0.25) is 0 Å². The molecule has 0 heterocycles. The van der Waals surface area contributed by atoms with Crippen LogP contribution in [0.1, 0.15) is 54.1 Å². The maximum absolute atomic E-state index is 13.2. The normalized spacial score (nSPS) is 10.2. The number of benzene rings is 4. The first-order valence-electron chi connectivity index (χ1n) is 10.4. The lowest BCUT2D eigenvalue weighted by atomic mass is 9.94. The van der Waals surface area contributed by atoms with Gasteiger partial charge in [-0.3, -0.25) is 9.59 Å². The van der Waals surface area contributed by atoms with Crippen molar-refractivity contribution in [1.82, 2.24) is 0 Å². The van der Waals surface area contributed by atoms with Crippen LogP contribution in [0.4, 0.5) is 0 Å². The average molecular weight is 415 g/mol. The molecule has 0 amide bonds. The van der Waals surface area contributed by atoms with Crippen molar-refractivity contribution in [1.29, 1.82) is 0 Å². The van der Waals surface area contributed by atoms with Crippen molar-refractivity contribution < 1.29 is 9.59 Å². The van der Waals surface area contributed by atoms with Crippen LogP contribution in [-0.2, 0) is 0 Å². The average Bonchev–Trinajstić information content (AvgIpc) is 2.83. The lowest BCUT2D eigenvalue weighted by molar-refractivity contribution is 0.103. The quantitative estimate of drug-likeness (QED) is 0.296. The molecule has 0 bridgehead atoms. The first-order valence-corrected chi connectivity index (χ1v) is 10.4. The molecule has 154 valence electrons. The maximum Gasteiger partial charge on any atom is 0.193 e. The standard InChI is InChI=1S/C30H22O2/c1-21-8-14-25(15-9-21)29(31)27-18-24(13-12-23-6-4-3-5-7-23)19-28(20-27)30(32)26-16-10-22(2)11-17-26/h3-11,14-20H,1-2H3. The van der Waals surface area contributed by atoms with Gasteiger partial charge in [0, 0.05) is 33.4 Å². The highest BCUT2D eigenvalue weighted by Gasteiger charge is 2.15. The van der Waals surface area contributed by atoms with Gasteiger partial charge >= 0.3 is 0 Å². The molecule has 0 fully saturated rings. The van der Waals surface area contributed by atoms with Crippen molar-refractivity contribution in [3.63, 3.8) is 0 Å². The van der Waals surface area contributed by atoms with Crippen LogP contribution in [0.25, 0.3) is 0 Å². The van der Waals surface area contributed by atoms with Crippen molar-refractivity contribution in [2.24, 2.45) is 0 Å². The zero-order valence-corrected chi connectivity index (χ0v) is 18.1. The van der Waals surface area contributed by atoms with Crippen LogP contribution in [0.3, 0.4) is 0 Å². The highest BCUT2D eigenvalue weighted by molar-refractivity contribution is 6.13. The molecular formula is C30H22O2. The van der Waals surface area contributed by atoms with Gasteiger partial charge in [0.1, 0.15) is 0 Å². The smallest absolute Gasteiger partial charge is 0.193 e. The van der Waals surface area contributed by atoms with Gasteiger partial charge in [0.2, 0.25) is 0 Å². The number of ketones is 2. The summed E-state index contributed by atoms with van der Waals surface area (Å²) < 4.78 is 0. The first-order chi connectivity index (χ1) is 15.5. The van der Waals surface area contributed by atoms with Crippen molar-refractivity contribution in [3.05, 3.63) is 142 Å². The molecule has 0 aliphatic carbocycles. The summed E-state index contributed by atoms with van der Waals surface area (Å²) in [5.41, 5.74) is 5.72. The van der Waals surface area contributed by atoms with E-state index in [9.17, 15) is 9.59 Å². The highest BCUT2D eigenvalue weighted by Crippen LogP contribution is 2.19. The molecule has 0 aliphatic rings. The Labute approximate surface area is 188 Å². The van der Waals surface area contributed by atoms with E-state index in [1.165, 1.54) is 0 Å². The minimum atomic E-state index is -0.133. The second kappa shape index (κ2) is 9.29. The van der Waals surface area contributed by atoms with Gasteiger partial charge in [-0.1, -0.05) is 89.7 Å². The van der Waals surface area contributed by atoms with Crippen molar-refractivity contribution >= 4 is 11.6 Å². The van der Waals surface area contributed by atoms with E-state index in [0.717, 1.165) is 16.7 Å². The molecule has 2 nitrogen and oxygen atoms in total. The molecule has 0 radical (unpaired) electrons. The van der Waals surface area contributed by atoms with E-state index in [-0.39, 0.29) is 11.6 Å². The Morgan fingerprint density at radius 1 is 0.500 bits per heavy atom. The lowest BCUT2D eigenvalue weighted by Crippen LogP contribution is -2.07. The zero-order valence-electron chi connectivity index (χ0n) is 18.1. The number of rotatable bonds is 4. The Morgan fingerprint density at radius 3 is 1.41 bits per heavy atom. The van der Waals surface area contributed by atoms with Gasteiger partial charge in [-0.15, -0.1) is 0 Å². The van der Waals surface area contributed by atoms with E-state index in [1.54, 1.807) is 42.5 Å². The fourth-order valence-corrected chi connectivity index (χ4v) is 3.37. The Hall–Kier alpha value is -4.22. The number of carbonyl (C=O) groups excluding carboxylic acids is 2. The van der Waals surface area contributed by atoms with Gasteiger partial charge in [0.15, 0.2) is 11.6 Å². The predicted molar refractivity (Wildman–Crippen MR) is 128 cm³/mol. The van der Waals surface area contributed by atoms with Gasteiger partial charge in [0.25, 0.3) is 0 Å². The SMILES string of the molecule is Cc1ccc(C(=O)c2cc(C#Cc3ccccc3)cc(C(=O)c3ccc(C)cc3)c2)cc1. The molecule has 0 N–H and O–H groups in total. The van der Waals surface area contributed by atoms with E-state index in [4.69, 9.17) is 0 Å². The van der Waals surface area contributed by atoms with Gasteiger partial charge in [0.05, 0.1) is 0 Å². The summed E-state index contributed by atoms with van der Waals surface area (Å²) >= 11 is 0. The number of hydrogen-bond donors (Lipinski definition) is 0. The second-order valence-corrected chi connectivity index (χ2v) is 7.81. The molecule has 4 rings (SSSR count). The van der Waals surface area contributed by atoms with Crippen LogP contribution >= 0.6 is 0 Å². The molecule has 4 aromatic rings. The van der Waals surface area contributed by atoms with E-state index in [0.29, 0.717) is 27.8 Å². The Morgan fingerprint density at radius 2 is 0.938 bits per heavy atom. The number of carbonyl (C=O) groups is 2. The van der Waals surface area contributed by atoms with Gasteiger partial charge in [-0.2, -0.15) is 0 Å². The van der Waals surface area contributed by atoms with Crippen LogP contribution in [-0.4, -0.2) is 11.6 Å².